The number of phenolic OH excluding ortho intramolecular Hbond substituents is 1. The van der Waals surface area contributed by atoms with Crippen LogP contribution in [0.15, 0.2) is 89.7 Å². The van der Waals surface area contributed by atoms with Crippen LogP contribution in [0.4, 0.5) is 28.4 Å². The lowest BCUT2D eigenvalue weighted by Crippen LogP contribution is -2.30. The van der Waals surface area contributed by atoms with Crippen LogP contribution in [-0.2, 0) is 35.1 Å². The summed E-state index contributed by atoms with van der Waals surface area (Å²) in [4.78, 5) is 10.2. The number of anilines is 1. The number of amides is 1. The fourth-order valence-electron chi connectivity index (χ4n) is 4.82. The van der Waals surface area contributed by atoms with E-state index in [0.717, 1.165) is 25.1 Å². The van der Waals surface area contributed by atoms with Crippen LogP contribution in [0.2, 0.25) is 0 Å². The highest BCUT2D eigenvalue weighted by molar-refractivity contribution is 7.89. The van der Waals surface area contributed by atoms with Crippen molar-refractivity contribution in [3.05, 3.63) is 54.6 Å². The van der Waals surface area contributed by atoms with E-state index in [0.29, 0.717) is 18.8 Å². The molecule has 0 radical (unpaired) electrons. The van der Waals surface area contributed by atoms with Crippen LogP contribution in [0, 0.1) is 0 Å². The molecule has 4 rings (SSSR count). The average molecular weight is 765 g/mol. The highest BCUT2D eigenvalue weighted by atomic mass is 32.2. The molecule has 0 fully saturated rings. The topological polar surface area (TPSA) is 263 Å². The Morgan fingerprint density at radius 2 is 1.31 bits per heavy atom. The first-order chi connectivity index (χ1) is 23.8. The third-order valence-electron chi connectivity index (χ3n) is 7.20. The molecule has 0 aliphatic rings. The molecule has 51 heavy (non-hydrogen) atoms. The number of aromatic hydroxyl groups is 1. The Kier molecular flexibility index (Phi) is 11.4. The predicted octanol–water partition coefficient (Wildman–Crippen LogP) is 5.88. The Hall–Kier alpha value is -5.06. The Morgan fingerprint density at radius 1 is 0.765 bits per heavy atom. The van der Waals surface area contributed by atoms with Crippen molar-refractivity contribution in [3.63, 3.8) is 0 Å². The first-order valence-corrected chi connectivity index (χ1v) is 18.9. The number of azo groups is 2. The van der Waals surface area contributed by atoms with Crippen molar-refractivity contribution in [1.82, 2.24) is 4.31 Å². The number of nitrogens with zero attached hydrogens (tertiary/aromatic N) is 5. The Bertz CT molecular complexity index is 2400. The second-order valence-electron chi connectivity index (χ2n) is 10.5. The number of rotatable bonds is 13. The predicted molar refractivity (Wildman–Crippen MR) is 184 cm³/mol. The maximum Gasteiger partial charge on any atom is 0.296 e. The van der Waals surface area contributed by atoms with Crippen molar-refractivity contribution >= 4 is 75.4 Å². The molecule has 0 aliphatic carbocycles. The third-order valence-corrected chi connectivity index (χ3v) is 11.0. The van der Waals surface area contributed by atoms with Crippen LogP contribution in [-0.4, -0.2) is 77.0 Å². The lowest BCUT2D eigenvalue weighted by atomic mass is 10.1. The standard InChI is InChI=1S/C30H32N6O12S3/c1-6-36(7-2)49(39,40)20-10-8-19(9-11-20)32-33-22-15-26(48-5)23(16-25(22)47-4)34-35-29-27(51(44,45)46)13-18-12-21(50(41,42)43)14-24(31-17(3)37)28(18)30(29)38/h8-16,38H,6-7H2,1-5H3,(H,31,37)(H,41,42,43)(H,44,45,46). The van der Waals surface area contributed by atoms with E-state index in [9.17, 15) is 44.3 Å². The van der Waals surface area contributed by atoms with Gasteiger partial charge in [-0.05, 0) is 47.9 Å². The number of ether oxygens (including phenoxy) is 2. The summed E-state index contributed by atoms with van der Waals surface area (Å²) < 4.78 is 106. The van der Waals surface area contributed by atoms with Crippen LogP contribution in [0.1, 0.15) is 20.8 Å². The van der Waals surface area contributed by atoms with Gasteiger partial charge in [-0.1, -0.05) is 13.8 Å². The lowest BCUT2D eigenvalue weighted by molar-refractivity contribution is -0.114. The van der Waals surface area contributed by atoms with Gasteiger partial charge in [0.25, 0.3) is 20.2 Å². The zero-order valence-electron chi connectivity index (χ0n) is 27.6. The molecule has 1 amide bonds. The maximum atomic E-state index is 12.8. The molecule has 4 N–H and O–H groups in total. The molecule has 0 atom stereocenters. The van der Waals surface area contributed by atoms with Crippen molar-refractivity contribution in [2.75, 3.05) is 32.6 Å². The zero-order valence-corrected chi connectivity index (χ0v) is 30.0. The van der Waals surface area contributed by atoms with Crippen molar-refractivity contribution in [3.8, 4) is 17.2 Å². The molecule has 0 saturated carbocycles. The fourth-order valence-corrected chi connectivity index (χ4v) is 7.48. The molecule has 0 spiro atoms. The van der Waals surface area contributed by atoms with E-state index in [2.05, 4.69) is 25.8 Å². The molecule has 0 saturated heterocycles. The molecular formula is C30H32N6O12S3. The Balaban J connectivity index is 1.80. The summed E-state index contributed by atoms with van der Waals surface area (Å²) in [6, 6.07) is 10.8. The van der Waals surface area contributed by atoms with Gasteiger partial charge >= 0.3 is 0 Å². The summed E-state index contributed by atoms with van der Waals surface area (Å²) in [5.74, 6) is -1.54. The van der Waals surface area contributed by atoms with Crippen LogP contribution < -0.4 is 14.8 Å². The number of carbonyl (C=O) groups excluding carboxylic acids is 1. The molecule has 18 nitrogen and oxygen atoms in total. The Morgan fingerprint density at radius 3 is 1.78 bits per heavy atom. The lowest BCUT2D eigenvalue weighted by Gasteiger charge is -2.18. The normalized spacial score (nSPS) is 12.6. The molecule has 272 valence electrons. The first kappa shape index (κ1) is 38.7. The molecule has 0 aliphatic heterocycles. The monoisotopic (exact) mass is 764 g/mol. The molecule has 0 aromatic heterocycles. The average Bonchev–Trinajstić information content (AvgIpc) is 3.05. The maximum absolute atomic E-state index is 12.8. The molecular weight excluding hydrogens is 733 g/mol. The van der Waals surface area contributed by atoms with E-state index in [1.807, 2.05) is 0 Å². The highest BCUT2D eigenvalue weighted by Gasteiger charge is 2.26. The minimum absolute atomic E-state index is 0.0135. The van der Waals surface area contributed by atoms with E-state index in [4.69, 9.17) is 9.47 Å². The van der Waals surface area contributed by atoms with Gasteiger partial charge < -0.3 is 19.9 Å². The zero-order chi connectivity index (χ0) is 37.9. The third kappa shape index (κ3) is 8.46. The van der Waals surface area contributed by atoms with Gasteiger partial charge in [-0.2, -0.15) is 26.3 Å². The molecule has 4 aromatic carbocycles. The number of sulfonamides is 1. The minimum Gasteiger partial charge on any atom is -0.505 e. The quantitative estimate of drug-likeness (QED) is 0.0919. The summed E-state index contributed by atoms with van der Waals surface area (Å²) in [6.07, 6.45) is 0. The van der Waals surface area contributed by atoms with Crippen LogP contribution in [0.25, 0.3) is 10.8 Å². The number of carbonyl (C=O) groups is 1. The van der Waals surface area contributed by atoms with Gasteiger partial charge in [0.05, 0.1) is 35.4 Å². The van der Waals surface area contributed by atoms with E-state index >= 15 is 0 Å². The van der Waals surface area contributed by atoms with Crippen LogP contribution in [0.5, 0.6) is 17.2 Å². The molecule has 0 unspecified atom stereocenters. The smallest absolute Gasteiger partial charge is 0.296 e. The molecule has 21 heteroatoms. The fraction of sp³-hybridized carbons (Fsp3) is 0.233. The minimum atomic E-state index is -5.16. The molecule has 0 heterocycles. The van der Waals surface area contributed by atoms with Gasteiger partial charge in [-0.25, -0.2) is 8.42 Å². The van der Waals surface area contributed by atoms with E-state index < -0.39 is 57.4 Å². The van der Waals surface area contributed by atoms with E-state index in [1.54, 1.807) is 13.8 Å². The molecule has 4 aromatic rings. The number of fused-ring (bicyclic) bond motifs is 1. The second-order valence-corrected chi connectivity index (χ2v) is 15.2. The van der Waals surface area contributed by atoms with Gasteiger partial charge in [-0.15, -0.1) is 15.3 Å². The summed E-state index contributed by atoms with van der Waals surface area (Å²) >= 11 is 0. The number of phenols is 1. The van der Waals surface area contributed by atoms with Crippen molar-refractivity contribution in [2.45, 2.75) is 35.5 Å². The summed E-state index contributed by atoms with van der Waals surface area (Å²) in [7, 11) is -11.1. The SMILES string of the molecule is CCN(CC)S(=O)(=O)c1ccc(N=Nc2cc(OC)c(N=Nc3c(S(=O)(=O)O)cc4cc(S(=O)(=O)O)cc(NC(C)=O)c4c3O)cc2OC)cc1. The van der Waals surface area contributed by atoms with E-state index in [-0.39, 0.29) is 44.2 Å². The Labute approximate surface area is 293 Å². The van der Waals surface area contributed by atoms with E-state index in [1.165, 1.54) is 54.9 Å². The van der Waals surface area contributed by atoms with Crippen molar-refractivity contribution < 1.29 is 53.7 Å². The number of hydrogen-bond donors (Lipinski definition) is 4. The highest BCUT2D eigenvalue weighted by Crippen LogP contribution is 2.46. The van der Waals surface area contributed by atoms with Gasteiger partial charge in [0, 0.05) is 37.5 Å². The van der Waals surface area contributed by atoms with Crippen molar-refractivity contribution in [1.29, 1.82) is 0 Å². The number of hydrogen-bond acceptors (Lipinski definition) is 14. The van der Waals surface area contributed by atoms with Crippen LogP contribution in [0.3, 0.4) is 0 Å². The number of methoxy groups -OCH3 is 2. The van der Waals surface area contributed by atoms with Crippen LogP contribution >= 0.6 is 0 Å². The summed E-state index contributed by atoms with van der Waals surface area (Å²) in [6.45, 7) is 5.17. The molecule has 0 bridgehead atoms. The summed E-state index contributed by atoms with van der Waals surface area (Å²) in [5, 5.41) is 29.1. The first-order valence-electron chi connectivity index (χ1n) is 14.6. The van der Waals surface area contributed by atoms with Crippen molar-refractivity contribution in [2.24, 2.45) is 20.5 Å². The van der Waals surface area contributed by atoms with Gasteiger partial charge in [0.1, 0.15) is 33.5 Å². The number of benzene rings is 4. The second kappa shape index (κ2) is 15.0. The number of nitrogens with one attached hydrogen (secondary N) is 1. The van der Waals surface area contributed by atoms with Gasteiger partial charge in [0.15, 0.2) is 5.75 Å². The summed E-state index contributed by atoms with van der Waals surface area (Å²) in [5.41, 5.74) is -0.770. The van der Waals surface area contributed by atoms with Gasteiger partial charge in [0.2, 0.25) is 15.9 Å². The van der Waals surface area contributed by atoms with Gasteiger partial charge in [-0.3, -0.25) is 13.9 Å². The largest absolute Gasteiger partial charge is 0.505 e.